The molecule has 1 saturated carbocycles. The van der Waals surface area contributed by atoms with E-state index in [2.05, 4.69) is 10.3 Å². The maximum absolute atomic E-state index is 13.9. The Balaban J connectivity index is 1.42. The third-order valence-corrected chi connectivity index (χ3v) is 6.91. The van der Waals surface area contributed by atoms with Crippen LogP contribution < -0.4 is 21.5 Å². The van der Waals surface area contributed by atoms with Gasteiger partial charge in [-0.05, 0) is 62.3 Å². The van der Waals surface area contributed by atoms with E-state index in [9.17, 15) is 23.2 Å². The van der Waals surface area contributed by atoms with Crippen molar-refractivity contribution in [3.63, 3.8) is 0 Å². The summed E-state index contributed by atoms with van der Waals surface area (Å²) in [6.45, 7) is 1.35. The Morgan fingerprint density at radius 1 is 1.31 bits per heavy atom. The number of amides is 1. The molecule has 2 heterocycles. The molecule has 0 unspecified atom stereocenters. The molecule has 8 nitrogen and oxygen atoms in total. The number of nitrogens with zero attached hydrogens (tertiary/aromatic N) is 3. The number of carbonyl (C=O) groups is 1. The molecule has 1 aliphatic heterocycles. The van der Waals surface area contributed by atoms with Gasteiger partial charge in [-0.1, -0.05) is 0 Å². The van der Waals surface area contributed by atoms with Crippen LogP contribution in [-0.2, 0) is 11.0 Å². The van der Waals surface area contributed by atoms with Gasteiger partial charge in [0.1, 0.15) is 11.8 Å². The molecule has 0 bridgehead atoms. The number of ether oxygens (including phenoxy) is 1. The van der Waals surface area contributed by atoms with Crippen molar-refractivity contribution in [2.75, 3.05) is 37.8 Å². The number of piperidine rings is 1. The summed E-state index contributed by atoms with van der Waals surface area (Å²) in [5, 5.41) is 12.1. The Labute approximate surface area is 207 Å². The van der Waals surface area contributed by atoms with Crippen LogP contribution in [0.15, 0.2) is 24.3 Å². The molecule has 0 atom stereocenters. The lowest BCUT2D eigenvalue weighted by atomic mass is 9.93. The lowest BCUT2D eigenvalue weighted by molar-refractivity contribution is -0.139. The van der Waals surface area contributed by atoms with Crippen molar-refractivity contribution < 1.29 is 22.7 Å². The van der Waals surface area contributed by atoms with Crippen LogP contribution >= 0.6 is 0 Å². The number of halogens is 3. The standard InChI is InChI=1S/C25H29F3N6O2/c1-32-19-13-18(33-20(14-29)22(19)30)16-2-3-21(17(12-16)25(26,27)28)36-11-6-15-4-9-34(10-5-15)23(35)24(31)7-8-24/h2-3,12-13,15H,4-11,30-31H2,1H3,(H,32,33). The number of likely N-dealkylation sites (tertiary alicyclic amines) is 1. The third-order valence-electron chi connectivity index (χ3n) is 6.91. The smallest absolute Gasteiger partial charge is 0.419 e. The third kappa shape index (κ3) is 5.33. The lowest BCUT2D eigenvalue weighted by Crippen LogP contribution is -2.48. The Kier molecular flexibility index (Phi) is 7.00. The summed E-state index contributed by atoms with van der Waals surface area (Å²) in [5.74, 6) is 0.00725. The molecule has 192 valence electrons. The second-order valence-electron chi connectivity index (χ2n) is 9.42. The van der Waals surface area contributed by atoms with Gasteiger partial charge in [-0.3, -0.25) is 4.79 Å². The fraction of sp³-hybridized carbons (Fsp3) is 0.480. The van der Waals surface area contributed by atoms with E-state index in [4.69, 9.17) is 16.2 Å². The molecule has 2 fully saturated rings. The first kappa shape index (κ1) is 25.6. The van der Waals surface area contributed by atoms with Gasteiger partial charge in [0.25, 0.3) is 0 Å². The summed E-state index contributed by atoms with van der Waals surface area (Å²) in [7, 11) is 1.60. The van der Waals surface area contributed by atoms with Gasteiger partial charge in [0.05, 0.1) is 34.8 Å². The van der Waals surface area contributed by atoms with Crippen molar-refractivity contribution in [1.82, 2.24) is 9.88 Å². The molecule has 5 N–H and O–H groups in total. The van der Waals surface area contributed by atoms with Crippen LogP contribution in [-0.4, -0.2) is 48.1 Å². The van der Waals surface area contributed by atoms with E-state index in [1.54, 1.807) is 11.9 Å². The van der Waals surface area contributed by atoms with Crippen LogP contribution in [0.4, 0.5) is 24.5 Å². The molecule has 1 amide bonds. The first-order valence-electron chi connectivity index (χ1n) is 11.9. The number of aromatic nitrogens is 1. The SMILES string of the molecule is CNc1cc(-c2ccc(OCCC3CCN(C(=O)C4(N)CC4)CC3)c(C(F)(F)F)c2)nc(C#N)c1N. The van der Waals surface area contributed by atoms with Crippen molar-refractivity contribution in [2.45, 2.75) is 43.8 Å². The number of carbonyl (C=O) groups excluding carboxylic acids is 1. The van der Waals surface area contributed by atoms with Crippen molar-refractivity contribution >= 4 is 17.3 Å². The highest BCUT2D eigenvalue weighted by molar-refractivity contribution is 5.89. The molecule has 1 saturated heterocycles. The van der Waals surface area contributed by atoms with Gasteiger partial charge in [0.15, 0.2) is 5.69 Å². The van der Waals surface area contributed by atoms with Gasteiger partial charge < -0.3 is 26.4 Å². The van der Waals surface area contributed by atoms with Crippen molar-refractivity contribution in [3.05, 3.63) is 35.5 Å². The molecule has 1 aliphatic carbocycles. The van der Waals surface area contributed by atoms with Crippen molar-refractivity contribution in [3.8, 4) is 23.1 Å². The highest BCUT2D eigenvalue weighted by Crippen LogP contribution is 2.40. The number of nitriles is 1. The van der Waals surface area contributed by atoms with Crippen LogP contribution in [0, 0.1) is 17.2 Å². The molecule has 1 aromatic carbocycles. The summed E-state index contributed by atoms with van der Waals surface area (Å²) in [6.07, 6.45) is -1.06. The molecule has 11 heteroatoms. The highest BCUT2D eigenvalue weighted by atomic mass is 19.4. The van der Waals surface area contributed by atoms with E-state index >= 15 is 0 Å². The Morgan fingerprint density at radius 2 is 2.00 bits per heavy atom. The minimum Gasteiger partial charge on any atom is -0.493 e. The predicted molar refractivity (Wildman–Crippen MR) is 129 cm³/mol. The number of benzene rings is 1. The average molecular weight is 503 g/mol. The van der Waals surface area contributed by atoms with E-state index < -0.39 is 17.3 Å². The Hall–Kier alpha value is -3.52. The molecule has 0 spiro atoms. The first-order chi connectivity index (χ1) is 17.1. The number of hydrogen-bond donors (Lipinski definition) is 3. The molecule has 36 heavy (non-hydrogen) atoms. The Bertz CT molecular complexity index is 1180. The van der Waals surface area contributed by atoms with Gasteiger partial charge in [-0.25, -0.2) is 4.98 Å². The van der Waals surface area contributed by atoms with E-state index in [0.717, 1.165) is 31.7 Å². The number of hydrogen-bond acceptors (Lipinski definition) is 7. The van der Waals surface area contributed by atoms with Gasteiger partial charge in [-0.2, -0.15) is 18.4 Å². The normalized spacial score (nSPS) is 17.4. The lowest BCUT2D eigenvalue weighted by Gasteiger charge is -2.33. The van der Waals surface area contributed by atoms with Crippen LogP contribution in [0.3, 0.4) is 0 Å². The number of nitrogens with one attached hydrogen (secondary N) is 1. The monoisotopic (exact) mass is 502 g/mol. The van der Waals surface area contributed by atoms with E-state index in [1.165, 1.54) is 18.2 Å². The molecule has 4 rings (SSSR count). The van der Waals surface area contributed by atoms with Crippen LogP contribution in [0.1, 0.15) is 43.4 Å². The summed E-state index contributed by atoms with van der Waals surface area (Å²) in [4.78, 5) is 18.3. The summed E-state index contributed by atoms with van der Waals surface area (Å²) in [6, 6.07) is 7.09. The summed E-state index contributed by atoms with van der Waals surface area (Å²) in [5.41, 5.74) is 11.1. The van der Waals surface area contributed by atoms with Gasteiger partial charge >= 0.3 is 6.18 Å². The predicted octanol–water partition coefficient (Wildman–Crippen LogP) is 3.76. The second-order valence-corrected chi connectivity index (χ2v) is 9.42. The van der Waals surface area contributed by atoms with Crippen LogP contribution in [0.25, 0.3) is 11.3 Å². The second kappa shape index (κ2) is 9.85. The zero-order valence-corrected chi connectivity index (χ0v) is 20.0. The maximum atomic E-state index is 13.9. The van der Waals surface area contributed by atoms with Gasteiger partial charge in [-0.15, -0.1) is 0 Å². The minimum atomic E-state index is -4.64. The summed E-state index contributed by atoms with van der Waals surface area (Å²) < 4.78 is 47.2. The number of nitrogens with two attached hydrogens (primary N) is 2. The van der Waals surface area contributed by atoms with Crippen LogP contribution in [0.2, 0.25) is 0 Å². The zero-order chi connectivity index (χ0) is 26.1. The average Bonchev–Trinajstić information content (AvgIpc) is 3.62. The Morgan fingerprint density at radius 3 is 2.58 bits per heavy atom. The number of nitrogen functional groups attached to an aromatic ring is 1. The summed E-state index contributed by atoms with van der Waals surface area (Å²) >= 11 is 0. The highest BCUT2D eigenvalue weighted by Gasteiger charge is 2.48. The molecule has 0 radical (unpaired) electrons. The van der Waals surface area contributed by atoms with Gasteiger partial charge in [0, 0.05) is 25.7 Å². The number of alkyl halides is 3. The van der Waals surface area contributed by atoms with E-state index in [0.29, 0.717) is 25.2 Å². The quantitative estimate of drug-likeness (QED) is 0.525. The molecular formula is C25H29F3N6O2. The zero-order valence-electron chi connectivity index (χ0n) is 20.0. The largest absolute Gasteiger partial charge is 0.493 e. The number of pyridine rings is 1. The fourth-order valence-electron chi connectivity index (χ4n) is 4.46. The van der Waals surface area contributed by atoms with Crippen molar-refractivity contribution in [2.24, 2.45) is 11.7 Å². The maximum Gasteiger partial charge on any atom is 0.419 e. The number of rotatable bonds is 7. The molecule has 2 aromatic rings. The topological polar surface area (TPSA) is 130 Å². The first-order valence-corrected chi connectivity index (χ1v) is 11.9. The molecular weight excluding hydrogens is 473 g/mol. The van der Waals surface area contributed by atoms with E-state index in [1.807, 2.05) is 6.07 Å². The van der Waals surface area contributed by atoms with Crippen molar-refractivity contribution in [1.29, 1.82) is 5.26 Å². The molecule has 2 aliphatic rings. The fourth-order valence-corrected chi connectivity index (χ4v) is 4.46. The minimum absolute atomic E-state index is 0.00595. The number of anilines is 2. The van der Waals surface area contributed by atoms with Crippen LogP contribution in [0.5, 0.6) is 5.75 Å². The van der Waals surface area contributed by atoms with Gasteiger partial charge in [0.2, 0.25) is 5.91 Å². The van der Waals surface area contributed by atoms with E-state index in [-0.39, 0.29) is 46.8 Å². The molecule has 1 aromatic heterocycles.